The van der Waals surface area contributed by atoms with Crippen LogP contribution < -0.4 is 4.90 Å². The lowest BCUT2D eigenvalue weighted by molar-refractivity contribution is 0.275. The standard InChI is InChI=1S/C12H18ClN3/c1-10-9-15(2)5-6-16(10)12-3-4-14-8-11(12)7-13/h3-4,8,10H,5-7,9H2,1-2H3. The van der Waals surface area contributed by atoms with Crippen LogP contribution in [0.4, 0.5) is 5.69 Å². The summed E-state index contributed by atoms with van der Waals surface area (Å²) in [6.07, 6.45) is 3.71. The Kier molecular flexibility index (Phi) is 3.66. The molecule has 0 radical (unpaired) electrons. The van der Waals surface area contributed by atoms with Crippen molar-refractivity contribution in [3.05, 3.63) is 24.0 Å². The fraction of sp³-hybridized carbons (Fsp3) is 0.583. The predicted molar refractivity (Wildman–Crippen MR) is 68.1 cm³/mol. The molecule has 0 saturated carbocycles. The van der Waals surface area contributed by atoms with Gasteiger partial charge in [-0.15, -0.1) is 11.6 Å². The Morgan fingerprint density at radius 1 is 1.50 bits per heavy atom. The summed E-state index contributed by atoms with van der Waals surface area (Å²) in [6, 6.07) is 2.60. The first-order chi connectivity index (χ1) is 7.72. The highest BCUT2D eigenvalue weighted by Crippen LogP contribution is 2.24. The average molecular weight is 240 g/mol. The molecule has 1 aromatic heterocycles. The number of hydrogen-bond acceptors (Lipinski definition) is 3. The van der Waals surface area contributed by atoms with E-state index in [-0.39, 0.29) is 0 Å². The van der Waals surface area contributed by atoms with E-state index in [1.54, 1.807) is 0 Å². The summed E-state index contributed by atoms with van der Waals surface area (Å²) in [6.45, 7) is 5.53. The van der Waals surface area contributed by atoms with Gasteiger partial charge in [0.05, 0.1) is 5.88 Å². The van der Waals surface area contributed by atoms with Crippen LogP contribution in [0.5, 0.6) is 0 Å². The fourth-order valence-electron chi connectivity index (χ4n) is 2.30. The van der Waals surface area contributed by atoms with Crippen molar-refractivity contribution in [2.24, 2.45) is 0 Å². The van der Waals surface area contributed by atoms with Gasteiger partial charge in [0.1, 0.15) is 0 Å². The van der Waals surface area contributed by atoms with Gasteiger partial charge in [-0.1, -0.05) is 0 Å². The van der Waals surface area contributed by atoms with Gasteiger partial charge in [0.2, 0.25) is 0 Å². The van der Waals surface area contributed by atoms with Crippen LogP contribution in [0.1, 0.15) is 12.5 Å². The Morgan fingerprint density at radius 3 is 3.00 bits per heavy atom. The number of aromatic nitrogens is 1. The molecule has 1 aromatic rings. The first-order valence-corrected chi connectivity index (χ1v) is 6.20. The van der Waals surface area contributed by atoms with Crippen molar-refractivity contribution in [2.45, 2.75) is 18.8 Å². The van der Waals surface area contributed by atoms with Crippen LogP contribution in [0.15, 0.2) is 18.5 Å². The molecule has 1 unspecified atom stereocenters. The third kappa shape index (κ3) is 2.30. The number of pyridine rings is 1. The van der Waals surface area contributed by atoms with Crippen LogP contribution in [0.3, 0.4) is 0 Å². The molecule has 16 heavy (non-hydrogen) atoms. The minimum atomic E-state index is 0.530. The normalized spacial score (nSPS) is 22.4. The topological polar surface area (TPSA) is 19.4 Å². The summed E-state index contributed by atoms with van der Waals surface area (Å²) < 4.78 is 0. The highest BCUT2D eigenvalue weighted by Gasteiger charge is 2.23. The molecule has 1 aliphatic rings. The quantitative estimate of drug-likeness (QED) is 0.736. The molecular weight excluding hydrogens is 222 g/mol. The summed E-state index contributed by atoms with van der Waals surface area (Å²) in [7, 11) is 2.17. The SMILES string of the molecule is CC1CN(C)CCN1c1ccncc1CCl. The van der Waals surface area contributed by atoms with E-state index in [0.29, 0.717) is 11.9 Å². The van der Waals surface area contributed by atoms with E-state index in [2.05, 4.69) is 34.8 Å². The summed E-state index contributed by atoms with van der Waals surface area (Å²) in [5.74, 6) is 0.530. The van der Waals surface area contributed by atoms with Gasteiger partial charge in [0, 0.05) is 49.3 Å². The van der Waals surface area contributed by atoms with E-state index in [1.165, 1.54) is 5.69 Å². The van der Waals surface area contributed by atoms with Crippen LogP contribution in [0, 0.1) is 0 Å². The zero-order valence-electron chi connectivity index (χ0n) is 9.86. The zero-order chi connectivity index (χ0) is 11.5. The molecule has 0 aromatic carbocycles. The Hall–Kier alpha value is -0.800. The van der Waals surface area contributed by atoms with E-state index in [4.69, 9.17) is 11.6 Å². The zero-order valence-corrected chi connectivity index (χ0v) is 10.6. The summed E-state index contributed by atoms with van der Waals surface area (Å²) >= 11 is 5.95. The van der Waals surface area contributed by atoms with Gasteiger partial charge in [-0.3, -0.25) is 4.98 Å². The van der Waals surface area contributed by atoms with Crippen molar-refractivity contribution in [1.29, 1.82) is 0 Å². The molecule has 1 aliphatic heterocycles. The molecule has 0 aliphatic carbocycles. The van der Waals surface area contributed by atoms with E-state index in [1.807, 2.05) is 12.4 Å². The third-order valence-electron chi connectivity index (χ3n) is 3.16. The van der Waals surface area contributed by atoms with Crippen LogP contribution >= 0.6 is 11.6 Å². The highest BCUT2D eigenvalue weighted by molar-refractivity contribution is 6.17. The lowest BCUT2D eigenvalue weighted by Gasteiger charge is -2.40. The molecule has 1 atom stereocenters. The average Bonchev–Trinajstić information content (AvgIpc) is 2.29. The minimum Gasteiger partial charge on any atom is -0.366 e. The predicted octanol–water partition coefficient (Wildman–Crippen LogP) is 1.96. The first kappa shape index (κ1) is 11.7. The first-order valence-electron chi connectivity index (χ1n) is 5.66. The van der Waals surface area contributed by atoms with E-state index in [9.17, 15) is 0 Å². The minimum absolute atomic E-state index is 0.530. The molecule has 4 heteroatoms. The van der Waals surface area contributed by atoms with Crippen LogP contribution in [0.2, 0.25) is 0 Å². The molecule has 0 bridgehead atoms. The van der Waals surface area contributed by atoms with Crippen molar-refractivity contribution < 1.29 is 0 Å². The number of hydrogen-bond donors (Lipinski definition) is 0. The molecule has 1 saturated heterocycles. The van der Waals surface area contributed by atoms with E-state index >= 15 is 0 Å². The number of piperazine rings is 1. The van der Waals surface area contributed by atoms with Crippen LogP contribution in [0.25, 0.3) is 0 Å². The second-order valence-corrected chi connectivity index (χ2v) is 4.71. The van der Waals surface area contributed by atoms with Crippen LogP contribution in [-0.4, -0.2) is 42.6 Å². The number of rotatable bonds is 2. The van der Waals surface area contributed by atoms with Gasteiger partial charge in [0.15, 0.2) is 0 Å². The number of likely N-dealkylation sites (N-methyl/N-ethyl adjacent to an activating group) is 1. The van der Waals surface area contributed by atoms with E-state index in [0.717, 1.165) is 25.2 Å². The van der Waals surface area contributed by atoms with E-state index < -0.39 is 0 Å². The van der Waals surface area contributed by atoms with Crippen LogP contribution in [-0.2, 0) is 5.88 Å². The lowest BCUT2D eigenvalue weighted by Crippen LogP contribution is -2.50. The fourth-order valence-corrected chi connectivity index (χ4v) is 2.51. The Bertz CT molecular complexity index is 356. The van der Waals surface area contributed by atoms with Crippen molar-refractivity contribution in [3.63, 3.8) is 0 Å². The third-order valence-corrected chi connectivity index (χ3v) is 3.45. The Morgan fingerprint density at radius 2 is 2.31 bits per heavy atom. The number of anilines is 1. The number of alkyl halides is 1. The molecule has 0 spiro atoms. The van der Waals surface area contributed by atoms with Gasteiger partial charge in [-0.05, 0) is 20.0 Å². The Labute approximate surface area is 102 Å². The maximum atomic E-state index is 5.95. The molecule has 2 heterocycles. The van der Waals surface area contributed by atoms with Crippen molar-refractivity contribution in [1.82, 2.24) is 9.88 Å². The van der Waals surface area contributed by atoms with Gasteiger partial charge < -0.3 is 9.80 Å². The molecule has 0 N–H and O–H groups in total. The maximum absolute atomic E-state index is 5.95. The van der Waals surface area contributed by atoms with Crippen molar-refractivity contribution in [2.75, 3.05) is 31.6 Å². The Balaban J connectivity index is 2.23. The second-order valence-electron chi connectivity index (χ2n) is 4.44. The molecule has 0 amide bonds. The monoisotopic (exact) mass is 239 g/mol. The molecule has 88 valence electrons. The van der Waals surface area contributed by atoms with Gasteiger partial charge in [0.25, 0.3) is 0 Å². The molecule has 1 fully saturated rings. The summed E-state index contributed by atoms with van der Waals surface area (Å²) in [5.41, 5.74) is 2.37. The van der Waals surface area contributed by atoms with Crippen molar-refractivity contribution >= 4 is 17.3 Å². The molecular formula is C12H18ClN3. The highest BCUT2D eigenvalue weighted by atomic mass is 35.5. The summed E-state index contributed by atoms with van der Waals surface area (Å²) in [4.78, 5) is 8.92. The second kappa shape index (κ2) is 5.02. The molecule has 3 nitrogen and oxygen atoms in total. The number of nitrogens with zero attached hydrogens (tertiary/aromatic N) is 3. The maximum Gasteiger partial charge on any atom is 0.0509 e. The lowest BCUT2D eigenvalue weighted by atomic mass is 10.1. The van der Waals surface area contributed by atoms with Crippen molar-refractivity contribution in [3.8, 4) is 0 Å². The molecule has 2 rings (SSSR count). The van der Waals surface area contributed by atoms with Gasteiger partial charge in [-0.2, -0.15) is 0 Å². The largest absolute Gasteiger partial charge is 0.366 e. The smallest absolute Gasteiger partial charge is 0.0509 e. The van der Waals surface area contributed by atoms with Gasteiger partial charge in [-0.25, -0.2) is 0 Å². The van der Waals surface area contributed by atoms with Gasteiger partial charge >= 0.3 is 0 Å². The summed E-state index contributed by atoms with van der Waals surface area (Å²) in [5, 5.41) is 0. The number of halogens is 1.